The average Bonchev–Trinajstić information content (AvgIpc) is 3.30. The summed E-state index contributed by atoms with van der Waals surface area (Å²) in [6, 6.07) is 23.4. The van der Waals surface area contributed by atoms with Crippen molar-refractivity contribution >= 4 is 27.8 Å². The summed E-state index contributed by atoms with van der Waals surface area (Å²) < 4.78 is 5.56. The molecular formula is C29H26N2O4. The van der Waals surface area contributed by atoms with Crippen LogP contribution < -0.4 is 5.63 Å². The van der Waals surface area contributed by atoms with E-state index < -0.39 is 11.7 Å². The Balaban J connectivity index is 1.54. The summed E-state index contributed by atoms with van der Waals surface area (Å²) in [5.74, 6) is -0.271. The van der Waals surface area contributed by atoms with Crippen molar-refractivity contribution in [1.29, 1.82) is 0 Å². The molecule has 0 spiro atoms. The van der Waals surface area contributed by atoms with Crippen LogP contribution in [0.2, 0.25) is 0 Å². The normalized spacial score (nSPS) is 12.1. The number of hydrogen-bond acceptors (Lipinski definition) is 4. The number of H-pyrrole nitrogens is 1. The molecule has 6 heteroatoms. The van der Waals surface area contributed by atoms with Gasteiger partial charge in [-0.2, -0.15) is 0 Å². The molecule has 0 aliphatic carbocycles. The first-order valence-electron chi connectivity index (χ1n) is 11.7. The molecule has 35 heavy (non-hydrogen) atoms. The molecule has 0 aliphatic heterocycles. The molecule has 176 valence electrons. The fourth-order valence-electron chi connectivity index (χ4n) is 4.75. The minimum Gasteiger partial charge on any atom is -0.507 e. The minimum atomic E-state index is -0.780. The lowest BCUT2D eigenvalue weighted by atomic mass is 9.95. The van der Waals surface area contributed by atoms with E-state index in [2.05, 4.69) is 4.98 Å². The third kappa shape index (κ3) is 4.19. The Labute approximate surface area is 202 Å². The van der Waals surface area contributed by atoms with Crippen molar-refractivity contribution in [3.05, 3.63) is 112 Å². The molecule has 3 aromatic carbocycles. The Hall–Kier alpha value is -4.32. The molecule has 0 aliphatic rings. The summed E-state index contributed by atoms with van der Waals surface area (Å²) in [6.45, 7) is 2.23. The van der Waals surface area contributed by atoms with Crippen LogP contribution in [0, 0.1) is 0 Å². The van der Waals surface area contributed by atoms with Crippen LogP contribution in [-0.2, 0) is 11.2 Å². The lowest BCUT2D eigenvalue weighted by Gasteiger charge is -2.31. The Bertz CT molecular complexity index is 1550. The Morgan fingerprint density at radius 2 is 1.66 bits per heavy atom. The lowest BCUT2D eigenvalue weighted by Crippen LogP contribution is -2.37. The summed E-state index contributed by atoms with van der Waals surface area (Å²) >= 11 is 0. The molecule has 5 rings (SSSR count). The number of para-hydroxylation sites is 2. The molecule has 0 fully saturated rings. The summed E-state index contributed by atoms with van der Waals surface area (Å²) in [6.07, 6.45) is 2.75. The zero-order valence-corrected chi connectivity index (χ0v) is 19.4. The predicted octanol–water partition coefficient (Wildman–Crippen LogP) is 5.55. The second kappa shape index (κ2) is 9.50. The van der Waals surface area contributed by atoms with E-state index >= 15 is 0 Å². The molecule has 0 saturated carbocycles. The fraction of sp³-hybridized carbons (Fsp3) is 0.172. The van der Waals surface area contributed by atoms with Crippen molar-refractivity contribution in [3.8, 4) is 5.75 Å². The van der Waals surface area contributed by atoms with Crippen molar-refractivity contribution in [3.63, 3.8) is 0 Å². The second-order valence-electron chi connectivity index (χ2n) is 8.50. The summed E-state index contributed by atoms with van der Waals surface area (Å²) in [4.78, 5) is 31.6. The largest absolute Gasteiger partial charge is 0.507 e. The van der Waals surface area contributed by atoms with Gasteiger partial charge in [0.2, 0.25) is 5.91 Å². The third-order valence-electron chi connectivity index (χ3n) is 6.46. The van der Waals surface area contributed by atoms with E-state index in [4.69, 9.17) is 4.42 Å². The van der Waals surface area contributed by atoms with Gasteiger partial charge in [-0.05, 0) is 42.7 Å². The molecular weight excluding hydrogens is 440 g/mol. The van der Waals surface area contributed by atoms with E-state index in [0.29, 0.717) is 23.9 Å². The van der Waals surface area contributed by atoms with Gasteiger partial charge in [0.25, 0.3) is 0 Å². The van der Waals surface area contributed by atoms with E-state index in [1.165, 1.54) is 0 Å². The van der Waals surface area contributed by atoms with Crippen molar-refractivity contribution in [2.24, 2.45) is 0 Å². The van der Waals surface area contributed by atoms with E-state index in [9.17, 15) is 14.7 Å². The van der Waals surface area contributed by atoms with E-state index in [0.717, 1.165) is 22.0 Å². The zero-order valence-electron chi connectivity index (χ0n) is 19.4. The van der Waals surface area contributed by atoms with Crippen LogP contribution in [0.3, 0.4) is 0 Å². The van der Waals surface area contributed by atoms with Gasteiger partial charge in [-0.1, -0.05) is 60.7 Å². The van der Waals surface area contributed by atoms with E-state index in [1.807, 2.05) is 67.7 Å². The van der Waals surface area contributed by atoms with Crippen molar-refractivity contribution in [2.75, 3.05) is 6.54 Å². The first kappa shape index (κ1) is 22.5. The number of carbonyl (C=O) groups is 1. The van der Waals surface area contributed by atoms with Gasteiger partial charge in [0.1, 0.15) is 16.9 Å². The van der Waals surface area contributed by atoms with Gasteiger partial charge in [0.05, 0.1) is 11.4 Å². The van der Waals surface area contributed by atoms with Gasteiger partial charge in [-0.15, -0.1) is 0 Å². The van der Waals surface area contributed by atoms with Gasteiger partial charge in [0.15, 0.2) is 0 Å². The predicted molar refractivity (Wildman–Crippen MR) is 136 cm³/mol. The Morgan fingerprint density at radius 1 is 0.971 bits per heavy atom. The molecule has 2 N–H and O–H groups in total. The third-order valence-corrected chi connectivity index (χ3v) is 6.46. The Morgan fingerprint density at radius 3 is 2.43 bits per heavy atom. The highest BCUT2D eigenvalue weighted by Gasteiger charge is 2.32. The van der Waals surface area contributed by atoms with Crippen molar-refractivity contribution in [1.82, 2.24) is 9.88 Å². The van der Waals surface area contributed by atoms with Crippen LogP contribution >= 0.6 is 0 Å². The maximum absolute atomic E-state index is 13.6. The zero-order chi connectivity index (χ0) is 24.4. The van der Waals surface area contributed by atoms with Crippen molar-refractivity contribution in [2.45, 2.75) is 25.8 Å². The number of hydrogen-bond donors (Lipinski definition) is 2. The molecule has 6 nitrogen and oxygen atoms in total. The van der Waals surface area contributed by atoms with Gasteiger partial charge in [-0.3, -0.25) is 4.79 Å². The van der Waals surface area contributed by atoms with E-state index in [1.54, 1.807) is 29.2 Å². The van der Waals surface area contributed by atoms with Gasteiger partial charge >= 0.3 is 5.63 Å². The number of nitrogens with zero attached hydrogens (tertiary/aromatic N) is 1. The number of rotatable bonds is 7. The van der Waals surface area contributed by atoms with Crippen LogP contribution in [0.5, 0.6) is 5.75 Å². The topological polar surface area (TPSA) is 86.5 Å². The van der Waals surface area contributed by atoms with Crippen LogP contribution in [0.25, 0.3) is 21.9 Å². The highest BCUT2D eigenvalue weighted by Crippen LogP contribution is 2.36. The van der Waals surface area contributed by atoms with Crippen LogP contribution in [0.15, 0.2) is 94.3 Å². The highest BCUT2D eigenvalue weighted by atomic mass is 16.4. The van der Waals surface area contributed by atoms with Gasteiger partial charge < -0.3 is 19.4 Å². The van der Waals surface area contributed by atoms with Gasteiger partial charge in [0, 0.05) is 30.1 Å². The smallest absolute Gasteiger partial charge is 0.345 e. The molecule has 0 radical (unpaired) electrons. The average molecular weight is 467 g/mol. The SMILES string of the molecule is CCN(C(=O)CCc1c[nH]c2ccccc12)C(c1ccccc1)c1c(O)c2ccccc2oc1=O. The number of aryl methyl sites for hydroxylation is 1. The second-order valence-corrected chi connectivity index (χ2v) is 8.50. The molecule has 5 aromatic rings. The van der Waals surface area contributed by atoms with Crippen molar-refractivity contribution < 1.29 is 14.3 Å². The number of carbonyl (C=O) groups excluding carboxylic acids is 1. The minimum absolute atomic E-state index is 0.0668. The number of fused-ring (bicyclic) bond motifs is 2. The molecule has 0 bridgehead atoms. The first-order valence-corrected chi connectivity index (χ1v) is 11.7. The number of aromatic nitrogens is 1. The van der Waals surface area contributed by atoms with Crippen LogP contribution in [-0.4, -0.2) is 27.4 Å². The maximum atomic E-state index is 13.6. The quantitative estimate of drug-likeness (QED) is 0.308. The number of nitrogens with one attached hydrogen (secondary N) is 1. The Kier molecular flexibility index (Phi) is 6.10. The number of benzene rings is 3. The van der Waals surface area contributed by atoms with Crippen LogP contribution in [0.1, 0.15) is 36.1 Å². The summed E-state index contributed by atoms with van der Waals surface area (Å²) in [7, 11) is 0. The van der Waals surface area contributed by atoms with Crippen LogP contribution in [0.4, 0.5) is 0 Å². The van der Waals surface area contributed by atoms with Gasteiger partial charge in [-0.25, -0.2) is 4.79 Å². The molecule has 0 saturated heterocycles. The summed E-state index contributed by atoms with van der Waals surface area (Å²) in [5.41, 5.74) is 2.54. The fourth-order valence-corrected chi connectivity index (χ4v) is 4.75. The van der Waals surface area contributed by atoms with E-state index in [-0.39, 0.29) is 23.6 Å². The molecule has 1 amide bonds. The highest BCUT2D eigenvalue weighted by molar-refractivity contribution is 5.86. The number of amides is 1. The first-order chi connectivity index (χ1) is 17.1. The summed E-state index contributed by atoms with van der Waals surface area (Å²) in [5, 5.41) is 12.7. The molecule has 1 unspecified atom stereocenters. The number of aromatic amines is 1. The molecule has 2 aromatic heterocycles. The lowest BCUT2D eigenvalue weighted by molar-refractivity contribution is -0.132. The number of aromatic hydroxyl groups is 1. The molecule has 1 atom stereocenters. The maximum Gasteiger partial charge on any atom is 0.345 e. The molecule has 2 heterocycles. The monoisotopic (exact) mass is 466 g/mol. The standard InChI is InChI=1S/C29H26N2O4/c1-2-31(25(32)17-16-20-18-30-23-14-8-6-12-21(20)23)27(19-10-4-3-5-11-19)26-28(33)22-13-7-9-15-24(22)35-29(26)34/h3-15,18,27,30,33H,2,16-17H2,1H3.